The number of carbonyl (C=O) groups is 1. The van der Waals surface area contributed by atoms with Crippen LogP contribution in [0.2, 0.25) is 0 Å². The zero-order valence-electron chi connectivity index (χ0n) is 17.3. The van der Waals surface area contributed by atoms with Crippen LogP contribution in [0.3, 0.4) is 0 Å². The zero-order chi connectivity index (χ0) is 21.5. The molecule has 3 aromatic carbocycles. The van der Waals surface area contributed by atoms with Crippen molar-refractivity contribution >= 4 is 16.9 Å². The topological polar surface area (TPSA) is 59.8 Å². The summed E-state index contributed by atoms with van der Waals surface area (Å²) in [5.74, 6) is 0.555. The lowest BCUT2D eigenvalue weighted by molar-refractivity contribution is 0.0714. The van der Waals surface area contributed by atoms with Gasteiger partial charge in [0.25, 0.3) is 5.91 Å². The van der Waals surface area contributed by atoms with Crippen molar-refractivity contribution in [3.8, 4) is 5.75 Å². The first-order valence-electron chi connectivity index (χ1n) is 10.1. The van der Waals surface area contributed by atoms with Gasteiger partial charge < -0.3 is 14.1 Å². The summed E-state index contributed by atoms with van der Waals surface area (Å²) in [5, 5.41) is 0.477. The van der Waals surface area contributed by atoms with Gasteiger partial charge in [-0.15, -0.1) is 0 Å². The molecule has 0 radical (unpaired) electrons. The van der Waals surface area contributed by atoms with Gasteiger partial charge in [-0.25, -0.2) is 0 Å². The first-order valence-corrected chi connectivity index (χ1v) is 10.1. The highest BCUT2D eigenvalue weighted by Gasteiger charge is 2.42. The molecule has 5 rings (SSSR count). The third-order valence-corrected chi connectivity index (χ3v) is 5.78. The maximum absolute atomic E-state index is 13.5. The fourth-order valence-electron chi connectivity index (χ4n) is 4.15. The molecule has 0 bridgehead atoms. The van der Waals surface area contributed by atoms with Gasteiger partial charge in [0.1, 0.15) is 11.3 Å². The number of ether oxygens (including phenoxy) is 1. The molecule has 4 aromatic rings. The van der Waals surface area contributed by atoms with E-state index in [4.69, 9.17) is 9.15 Å². The molecule has 0 aliphatic carbocycles. The Morgan fingerprint density at radius 2 is 1.65 bits per heavy atom. The monoisotopic (exact) mass is 411 g/mol. The SMILES string of the molecule is COc1ccc([C@H]2c3c(oc4ccccc4c3=O)C(=O)N2Cc2ccc(C)cc2)cc1. The molecule has 31 heavy (non-hydrogen) atoms. The van der Waals surface area contributed by atoms with Gasteiger partial charge in [0.05, 0.1) is 24.1 Å². The molecule has 0 N–H and O–H groups in total. The summed E-state index contributed by atoms with van der Waals surface area (Å²) in [6.45, 7) is 2.39. The van der Waals surface area contributed by atoms with Crippen molar-refractivity contribution in [2.75, 3.05) is 7.11 Å². The Morgan fingerprint density at radius 1 is 0.935 bits per heavy atom. The minimum absolute atomic E-state index is 0.122. The van der Waals surface area contributed by atoms with Crippen molar-refractivity contribution in [1.29, 1.82) is 0 Å². The van der Waals surface area contributed by atoms with Crippen LogP contribution >= 0.6 is 0 Å². The second-order valence-corrected chi connectivity index (χ2v) is 7.76. The number of rotatable bonds is 4. The molecule has 154 valence electrons. The lowest BCUT2D eigenvalue weighted by atomic mass is 9.98. The van der Waals surface area contributed by atoms with Crippen molar-refractivity contribution < 1.29 is 13.9 Å². The number of para-hydroxylation sites is 1. The summed E-state index contributed by atoms with van der Waals surface area (Å²) in [4.78, 5) is 28.6. The number of hydrogen-bond donors (Lipinski definition) is 0. The average molecular weight is 411 g/mol. The number of benzene rings is 3. The molecule has 1 aromatic heterocycles. The summed E-state index contributed by atoms with van der Waals surface area (Å²) < 4.78 is 11.2. The minimum atomic E-state index is -0.532. The van der Waals surface area contributed by atoms with Crippen molar-refractivity contribution in [3.05, 3.63) is 111 Å². The van der Waals surface area contributed by atoms with E-state index in [9.17, 15) is 9.59 Å². The Kier molecular flexibility index (Phi) is 4.59. The third kappa shape index (κ3) is 3.19. The summed E-state index contributed by atoms with van der Waals surface area (Å²) in [5.41, 5.74) is 3.61. The van der Waals surface area contributed by atoms with Gasteiger partial charge in [0.15, 0.2) is 5.43 Å². The number of amides is 1. The van der Waals surface area contributed by atoms with E-state index < -0.39 is 6.04 Å². The van der Waals surface area contributed by atoms with Gasteiger partial charge in [0, 0.05) is 6.54 Å². The van der Waals surface area contributed by atoms with E-state index in [0.29, 0.717) is 28.8 Å². The van der Waals surface area contributed by atoms with Gasteiger partial charge in [-0.2, -0.15) is 0 Å². The van der Waals surface area contributed by atoms with Crippen LogP contribution in [0.5, 0.6) is 5.75 Å². The summed E-state index contributed by atoms with van der Waals surface area (Å²) in [6, 6.07) is 22.0. The maximum Gasteiger partial charge on any atom is 0.291 e. The van der Waals surface area contributed by atoms with Crippen molar-refractivity contribution in [3.63, 3.8) is 0 Å². The molecule has 0 spiro atoms. The van der Waals surface area contributed by atoms with Crippen molar-refractivity contribution in [2.45, 2.75) is 19.5 Å². The Morgan fingerprint density at radius 3 is 2.35 bits per heavy atom. The van der Waals surface area contributed by atoms with Crippen LogP contribution in [0.15, 0.2) is 82.0 Å². The van der Waals surface area contributed by atoms with Crippen molar-refractivity contribution in [2.24, 2.45) is 0 Å². The fourth-order valence-corrected chi connectivity index (χ4v) is 4.15. The van der Waals surface area contributed by atoms with Gasteiger partial charge in [-0.1, -0.05) is 54.1 Å². The second-order valence-electron chi connectivity index (χ2n) is 7.76. The Bertz CT molecular complexity index is 1340. The molecule has 0 saturated carbocycles. The fraction of sp³-hybridized carbons (Fsp3) is 0.154. The Hall–Kier alpha value is -3.86. The summed E-state index contributed by atoms with van der Waals surface area (Å²) >= 11 is 0. The lowest BCUT2D eigenvalue weighted by Crippen LogP contribution is -2.29. The molecule has 0 saturated heterocycles. The maximum atomic E-state index is 13.5. The lowest BCUT2D eigenvalue weighted by Gasteiger charge is -2.25. The molecule has 1 amide bonds. The molecule has 1 aliphatic rings. The van der Waals surface area contributed by atoms with Crippen LogP contribution in [-0.4, -0.2) is 17.9 Å². The molecule has 0 fully saturated rings. The highest BCUT2D eigenvalue weighted by atomic mass is 16.5. The highest BCUT2D eigenvalue weighted by Crippen LogP contribution is 2.39. The van der Waals surface area contributed by atoms with E-state index in [1.54, 1.807) is 36.3 Å². The van der Waals surface area contributed by atoms with Crippen LogP contribution in [0.25, 0.3) is 11.0 Å². The molecule has 2 heterocycles. The van der Waals surface area contributed by atoms with E-state index in [0.717, 1.165) is 16.7 Å². The predicted octanol–water partition coefficient (Wildman–Crippen LogP) is 4.86. The van der Waals surface area contributed by atoms with E-state index >= 15 is 0 Å². The van der Waals surface area contributed by atoms with Gasteiger partial charge in [-0.3, -0.25) is 9.59 Å². The van der Waals surface area contributed by atoms with Crippen LogP contribution in [0.4, 0.5) is 0 Å². The average Bonchev–Trinajstić information content (AvgIpc) is 3.07. The highest BCUT2D eigenvalue weighted by molar-refractivity contribution is 5.99. The smallest absolute Gasteiger partial charge is 0.291 e. The van der Waals surface area contributed by atoms with Crippen molar-refractivity contribution in [1.82, 2.24) is 4.90 Å². The quantitative estimate of drug-likeness (QED) is 0.481. The van der Waals surface area contributed by atoms with E-state index in [2.05, 4.69) is 0 Å². The molecule has 1 atom stereocenters. The molecule has 0 unspecified atom stereocenters. The number of hydrogen-bond acceptors (Lipinski definition) is 4. The van der Waals surface area contributed by atoms with Crippen LogP contribution in [-0.2, 0) is 6.54 Å². The number of methoxy groups -OCH3 is 1. The van der Waals surface area contributed by atoms with Crippen LogP contribution < -0.4 is 10.2 Å². The third-order valence-electron chi connectivity index (χ3n) is 5.78. The second kappa shape index (κ2) is 7.43. The number of carbonyl (C=O) groups excluding carboxylic acids is 1. The Labute approximate surface area is 179 Å². The summed E-state index contributed by atoms with van der Waals surface area (Å²) in [6.07, 6.45) is 0. The number of fused-ring (bicyclic) bond motifs is 2. The first kappa shape index (κ1) is 19.1. The molecule has 5 heteroatoms. The number of nitrogens with zero attached hydrogens (tertiary/aromatic N) is 1. The largest absolute Gasteiger partial charge is 0.497 e. The van der Waals surface area contributed by atoms with Gasteiger partial charge in [0.2, 0.25) is 5.76 Å². The predicted molar refractivity (Wildman–Crippen MR) is 118 cm³/mol. The van der Waals surface area contributed by atoms with Crippen LogP contribution in [0, 0.1) is 6.92 Å². The standard InChI is InChI=1S/C26H21NO4/c1-16-7-9-17(10-8-16)15-27-23(18-11-13-19(30-2)14-12-18)22-24(28)20-5-3-4-6-21(20)31-25(22)26(27)29/h3-14,23H,15H2,1-2H3/t23-/m0/s1. The first-order chi connectivity index (χ1) is 15.1. The normalized spacial score (nSPS) is 15.4. The van der Waals surface area contributed by atoms with E-state index in [1.807, 2.05) is 55.5 Å². The molecular formula is C26H21NO4. The van der Waals surface area contributed by atoms with Gasteiger partial charge in [-0.05, 0) is 42.3 Å². The van der Waals surface area contributed by atoms with E-state index in [-0.39, 0.29) is 17.1 Å². The number of aryl methyl sites for hydroxylation is 1. The minimum Gasteiger partial charge on any atom is -0.497 e. The molecular weight excluding hydrogens is 390 g/mol. The van der Waals surface area contributed by atoms with Gasteiger partial charge >= 0.3 is 0 Å². The van der Waals surface area contributed by atoms with E-state index in [1.165, 1.54) is 0 Å². The summed E-state index contributed by atoms with van der Waals surface area (Å²) in [7, 11) is 1.61. The zero-order valence-corrected chi connectivity index (χ0v) is 17.3. The molecule has 1 aliphatic heterocycles. The Balaban J connectivity index is 1.69. The van der Waals surface area contributed by atoms with Crippen LogP contribution in [0.1, 0.15) is 38.9 Å². The molecule has 5 nitrogen and oxygen atoms in total.